The summed E-state index contributed by atoms with van der Waals surface area (Å²) in [7, 11) is 0. The molecule has 156 valence electrons. The highest BCUT2D eigenvalue weighted by atomic mass is 16.3. The average molecular weight is 385 g/mol. The molecule has 0 unspecified atom stereocenters. The van der Waals surface area contributed by atoms with E-state index in [9.17, 15) is 10.2 Å². The lowest BCUT2D eigenvalue weighted by Gasteiger charge is -2.17. The molecular formula is C26H40O2. The molecule has 0 aliphatic carbocycles. The van der Waals surface area contributed by atoms with Crippen molar-refractivity contribution >= 4 is 10.8 Å². The number of fused-ring (bicyclic) bond motifs is 1. The van der Waals surface area contributed by atoms with Crippen LogP contribution >= 0.6 is 0 Å². The zero-order chi connectivity index (χ0) is 20.7. The summed E-state index contributed by atoms with van der Waals surface area (Å²) < 4.78 is 0. The van der Waals surface area contributed by atoms with Crippen molar-refractivity contribution < 1.29 is 10.2 Å². The fraction of sp³-hybridized carbons (Fsp3) is 0.615. The largest absolute Gasteiger partial charge is 0.507 e. The van der Waals surface area contributed by atoms with E-state index in [2.05, 4.69) is 27.7 Å². The van der Waals surface area contributed by atoms with Crippen molar-refractivity contribution in [2.45, 2.75) is 86.0 Å². The third-order valence-electron chi connectivity index (χ3n) is 6.29. The van der Waals surface area contributed by atoms with Crippen LogP contribution in [0.25, 0.3) is 10.8 Å². The van der Waals surface area contributed by atoms with Gasteiger partial charge >= 0.3 is 0 Å². The number of phenols is 2. The first-order valence-electron chi connectivity index (χ1n) is 11.2. The van der Waals surface area contributed by atoms with Crippen LogP contribution < -0.4 is 0 Å². The lowest BCUT2D eigenvalue weighted by molar-refractivity contribution is 0.391. The Balaban J connectivity index is 1.84. The average Bonchev–Trinajstić information content (AvgIpc) is 2.66. The SMILES string of the molecule is Cc1c(CC[C@@H](C)CCC[C@H](C)CCCC(C)C)c(O)c2ccccc2c1O. The molecule has 0 amide bonds. The van der Waals surface area contributed by atoms with Crippen LogP contribution in [-0.4, -0.2) is 10.2 Å². The van der Waals surface area contributed by atoms with Gasteiger partial charge in [0.15, 0.2) is 0 Å². The molecule has 0 bridgehead atoms. The van der Waals surface area contributed by atoms with Crippen LogP contribution in [0.3, 0.4) is 0 Å². The Bertz CT molecular complexity index is 748. The monoisotopic (exact) mass is 384 g/mol. The van der Waals surface area contributed by atoms with E-state index in [1.54, 1.807) is 0 Å². The molecule has 0 heterocycles. The lowest BCUT2D eigenvalue weighted by atomic mass is 9.89. The second kappa shape index (κ2) is 10.7. The summed E-state index contributed by atoms with van der Waals surface area (Å²) in [4.78, 5) is 0. The van der Waals surface area contributed by atoms with Crippen LogP contribution in [0.15, 0.2) is 24.3 Å². The smallest absolute Gasteiger partial charge is 0.127 e. The molecule has 2 rings (SSSR count). The Morgan fingerprint density at radius 1 is 0.714 bits per heavy atom. The van der Waals surface area contributed by atoms with E-state index >= 15 is 0 Å². The summed E-state index contributed by atoms with van der Waals surface area (Å²) in [6.07, 6.45) is 9.79. The molecule has 0 fully saturated rings. The molecular weight excluding hydrogens is 344 g/mol. The fourth-order valence-electron chi connectivity index (χ4n) is 4.26. The van der Waals surface area contributed by atoms with Gasteiger partial charge in [-0.3, -0.25) is 0 Å². The molecule has 2 N–H and O–H groups in total. The number of rotatable bonds is 11. The Kier molecular flexibility index (Phi) is 8.66. The highest BCUT2D eigenvalue weighted by Crippen LogP contribution is 2.40. The lowest BCUT2D eigenvalue weighted by Crippen LogP contribution is -2.02. The summed E-state index contributed by atoms with van der Waals surface area (Å²) in [5.74, 6) is 2.94. The Morgan fingerprint density at radius 3 is 1.79 bits per heavy atom. The molecule has 2 aromatic rings. The van der Waals surface area contributed by atoms with Crippen LogP contribution in [0.5, 0.6) is 11.5 Å². The highest BCUT2D eigenvalue weighted by molar-refractivity contribution is 5.95. The first-order valence-corrected chi connectivity index (χ1v) is 11.2. The molecule has 2 nitrogen and oxygen atoms in total. The third kappa shape index (κ3) is 6.15. The van der Waals surface area contributed by atoms with Gasteiger partial charge < -0.3 is 10.2 Å². The summed E-state index contributed by atoms with van der Waals surface area (Å²) in [5.41, 5.74) is 1.73. The van der Waals surface area contributed by atoms with Crippen molar-refractivity contribution in [1.29, 1.82) is 0 Å². The van der Waals surface area contributed by atoms with Gasteiger partial charge in [-0.1, -0.05) is 90.5 Å². The maximum Gasteiger partial charge on any atom is 0.127 e. The van der Waals surface area contributed by atoms with Crippen LogP contribution in [0.2, 0.25) is 0 Å². The summed E-state index contributed by atoms with van der Waals surface area (Å²) in [6.45, 7) is 11.2. The van der Waals surface area contributed by atoms with Crippen molar-refractivity contribution in [3.05, 3.63) is 35.4 Å². The molecule has 2 atom stereocenters. The van der Waals surface area contributed by atoms with Crippen molar-refractivity contribution in [2.75, 3.05) is 0 Å². The molecule has 0 spiro atoms. The minimum absolute atomic E-state index is 0.311. The van der Waals surface area contributed by atoms with Crippen molar-refractivity contribution in [3.8, 4) is 11.5 Å². The topological polar surface area (TPSA) is 40.5 Å². The van der Waals surface area contributed by atoms with Gasteiger partial charge in [0.1, 0.15) is 11.5 Å². The second-order valence-electron chi connectivity index (χ2n) is 9.35. The van der Waals surface area contributed by atoms with Gasteiger partial charge in [-0.25, -0.2) is 0 Å². The second-order valence-corrected chi connectivity index (χ2v) is 9.35. The molecule has 0 aliphatic rings. The van der Waals surface area contributed by atoms with E-state index in [4.69, 9.17) is 0 Å². The van der Waals surface area contributed by atoms with Crippen molar-refractivity contribution in [3.63, 3.8) is 0 Å². The maximum absolute atomic E-state index is 10.7. The van der Waals surface area contributed by atoms with Crippen LogP contribution in [0.4, 0.5) is 0 Å². The summed E-state index contributed by atoms with van der Waals surface area (Å²) >= 11 is 0. The summed E-state index contributed by atoms with van der Waals surface area (Å²) in [5, 5.41) is 22.7. The van der Waals surface area contributed by atoms with Crippen molar-refractivity contribution in [2.24, 2.45) is 17.8 Å². The van der Waals surface area contributed by atoms with Gasteiger partial charge in [0.2, 0.25) is 0 Å². The third-order valence-corrected chi connectivity index (χ3v) is 6.29. The molecule has 0 saturated carbocycles. The van der Waals surface area contributed by atoms with Crippen LogP contribution in [0, 0.1) is 24.7 Å². The molecule has 2 heteroatoms. The number of aromatic hydroxyl groups is 2. The Morgan fingerprint density at radius 2 is 1.21 bits per heavy atom. The molecule has 0 aromatic heterocycles. The quantitative estimate of drug-likeness (QED) is 0.389. The van der Waals surface area contributed by atoms with E-state index in [1.165, 1.54) is 38.5 Å². The number of phenolic OH excluding ortho intramolecular Hbond substituents is 2. The van der Waals surface area contributed by atoms with Crippen LogP contribution in [-0.2, 0) is 6.42 Å². The Hall–Kier alpha value is -1.70. The van der Waals surface area contributed by atoms with Crippen LogP contribution in [0.1, 0.15) is 83.8 Å². The van der Waals surface area contributed by atoms with Gasteiger partial charge in [0.25, 0.3) is 0 Å². The zero-order valence-corrected chi connectivity index (χ0v) is 18.6. The first kappa shape index (κ1) is 22.6. The zero-order valence-electron chi connectivity index (χ0n) is 18.6. The fourth-order valence-corrected chi connectivity index (χ4v) is 4.26. The van der Waals surface area contributed by atoms with Gasteiger partial charge in [-0.2, -0.15) is 0 Å². The van der Waals surface area contributed by atoms with E-state index in [0.717, 1.165) is 46.6 Å². The van der Waals surface area contributed by atoms with Gasteiger partial charge in [0.05, 0.1) is 0 Å². The predicted octanol–water partition coefficient (Wildman–Crippen LogP) is 7.76. The molecule has 0 aliphatic heterocycles. The summed E-state index contributed by atoms with van der Waals surface area (Å²) in [6, 6.07) is 7.56. The van der Waals surface area contributed by atoms with Gasteiger partial charge in [0, 0.05) is 16.3 Å². The molecule has 2 aromatic carbocycles. The van der Waals surface area contributed by atoms with E-state index in [0.29, 0.717) is 17.4 Å². The number of benzene rings is 2. The maximum atomic E-state index is 10.7. The molecule has 0 radical (unpaired) electrons. The first-order chi connectivity index (χ1) is 13.3. The highest BCUT2D eigenvalue weighted by Gasteiger charge is 2.16. The van der Waals surface area contributed by atoms with E-state index in [1.807, 2.05) is 31.2 Å². The van der Waals surface area contributed by atoms with Crippen molar-refractivity contribution in [1.82, 2.24) is 0 Å². The standard InChI is InChI=1S/C26H40O2/c1-18(2)10-8-11-19(3)12-9-13-20(4)16-17-22-21(5)25(27)23-14-6-7-15-24(23)26(22)28/h6-7,14-15,18-20,27-28H,8-13,16-17H2,1-5H3/t19-,20+/m1/s1. The number of hydrogen-bond donors (Lipinski definition) is 2. The van der Waals surface area contributed by atoms with E-state index < -0.39 is 0 Å². The Labute approximate surface area is 172 Å². The molecule has 0 saturated heterocycles. The number of hydrogen-bond acceptors (Lipinski definition) is 2. The predicted molar refractivity (Wildman–Crippen MR) is 121 cm³/mol. The van der Waals surface area contributed by atoms with E-state index in [-0.39, 0.29) is 0 Å². The minimum Gasteiger partial charge on any atom is -0.507 e. The minimum atomic E-state index is 0.311. The molecule has 28 heavy (non-hydrogen) atoms. The normalized spacial score (nSPS) is 13.9. The van der Waals surface area contributed by atoms with Gasteiger partial charge in [-0.15, -0.1) is 0 Å². The van der Waals surface area contributed by atoms with Gasteiger partial charge in [-0.05, 0) is 43.1 Å².